The second kappa shape index (κ2) is 6.07. The average molecular weight is 296 g/mol. The summed E-state index contributed by atoms with van der Waals surface area (Å²) in [5.74, 6) is -0.592. The van der Waals surface area contributed by atoms with Gasteiger partial charge in [0.15, 0.2) is 0 Å². The summed E-state index contributed by atoms with van der Waals surface area (Å²) in [4.78, 5) is 15.3. The Hall–Kier alpha value is -2.54. The maximum Gasteiger partial charge on any atom is 0.351 e. The summed E-state index contributed by atoms with van der Waals surface area (Å²) in [7, 11) is 1.71. The highest BCUT2D eigenvalue weighted by molar-refractivity contribution is 6.00. The first-order chi connectivity index (χ1) is 10.4. The Kier molecular flexibility index (Phi) is 4.37. The lowest BCUT2D eigenvalue weighted by Gasteiger charge is -2.08. The molecular formula is C18H20N2O2. The van der Waals surface area contributed by atoms with E-state index in [-0.39, 0.29) is 5.69 Å². The van der Waals surface area contributed by atoms with E-state index in [4.69, 9.17) is 6.57 Å². The van der Waals surface area contributed by atoms with Crippen LogP contribution in [0.3, 0.4) is 0 Å². The van der Waals surface area contributed by atoms with Crippen LogP contribution in [0, 0.1) is 6.57 Å². The molecule has 114 valence electrons. The maximum atomic E-state index is 11.7. The Balaban J connectivity index is 2.73. The van der Waals surface area contributed by atoms with Crippen molar-refractivity contribution in [3.63, 3.8) is 0 Å². The van der Waals surface area contributed by atoms with Crippen LogP contribution in [0.25, 0.3) is 16.0 Å². The van der Waals surface area contributed by atoms with E-state index in [1.807, 2.05) is 31.2 Å². The Morgan fingerprint density at radius 2 is 1.91 bits per heavy atom. The third kappa shape index (κ3) is 2.50. The summed E-state index contributed by atoms with van der Waals surface area (Å²) in [6.07, 6.45) is 0.624. The molecule has 0 aliphatic heterocycles. The highest BCUT2D eigenvalue weighted by atomic mass is 16.4. The number of hydrogen-bond acceptors (Lipinski definition) is 1. The molecule has 0 saturated carbocycles. The van der Waals surface area contributed by atoms with E-state index in [2.05, 4.69) is 18.7 Å². The molecule has 0 aliphatic rings. The van der Waals surface area contributed by atoms with Crippen molar-refractivity contribution in [2.24, 2.45) is 7.05 Å². The Morgan fingerprint density at radius 1 is 1.32 bits per heavy atom. The van der Waals surface area contributed by atoms with Crippen molar-refractivity contribution in [3.8, 4) is 11.1 Å². The van der Waals surface area contributed by atoms with Crippen molar-refractivity contribution in [2.45, 2.75) is 33.1 Å². The molecule has 0 bridgehead atoms. The van der Waals surface area contributed by atoms with Crippen molar-refractivity contribution in [1.29, 1.82) is 0 Å². The predicted molar refractivity (Wildman–Crippen MR) is 87.5 cm³/mol. The first kappa shape index (κ1) is 15.8. The van der Waals surface area contributed by atoms with Crippen molar-refractivity contribution >= 4 is 11.7 Å². The Morgan fingerprint density at radius 3 is 2.32 bits per heavy atom. The number of carboxylic acids is 1. The second-order valence-electron chi connectivity index (χ2n) is 5.63. The zero-order valence-corrected chi connectivity index (χ0v) is 13.3. The van der Waals surface area contributed by atoms with Gasteiger partial charge in [-0.1, -0.05) is 45.0 Å². The van der Waals surface area contributed by atoms with Gasteiger partial charge in [-0.25, -0.2) is 9.64 Å². The fourth-order valence-electron chi connectivity index (χ4n) is 2.80. The number of carboxylic acid groups (broad SMARTS) is 1. The number of aromatic carboxylic acids is 1. The fraction of sp³-hybridized carbons (Fsp3) is 0.333. The molecule has 4 heteroatoms. The predicted octanol–water partition coefficient (Wildman–Crippen LogP) is 4.63. The third-order valence-electron chi connectivity index (χ3n) is 4.00. The molecular weight excluding hydrogens is 276 g/mol. The fourth-order valence-corrected chi connectivity index (χ4v) is 2.80. The van der Waals surface area contributed by atoms with Crippen LogP contribution in [0.1, 0.15) is 48.4 Å². The lowest BCUT2D eigenvalue weighted by Crippen LogP contribution is -2.07. The molecule has 1 N–H and O–H groups in total. The van der Waals surface area contributed by atoms with Gasteiger partial charge >= 0.3 is 5.97 Å². The molecule has 1 heterocycles. The van der Waals surface area contributed by atoms with Gasteiger partial charge in [0, 0.05) is 18.3 Å². The smallest absolute Gasteiger partial charge is 0.351 e. The van der Waals surface area contributed by atoms with Gasteiger partial charge in [0.1, 0.15) is 5.69 Å². The molecule has 1 aromatic carbocycles. The van der Waals surface area contributed by atoms with Crippen LogP contribution in [0.4, 0.5) is 5.69 Å². The van der Waals surface area contributed by atoms with Crippen LogP contribution in [-0.4, -0.2) is 15.6 Å². The van der Waals surface area contributed by atoms with Crippen molar-refractivity contribution < 1.29 is 9.90 Å². The molecule has 0 radical (unpaired) electrons. The quantitative estimate of drug-likeness (QED) is 0.836. The lowest BCUT2D eigenvalue weighted by atomic mass is 9.98. The summed E-state index contributed by atoms with van der Waals surface area (Å²) < 4.78 is 1.63. The van der Waals surface area contributed by atoms with Gasteiger partial charge in [-0.2, -0.15) is 0 Å². The monoisotopic (exact) mass is 296 g/mol. The zero-order chi connectivity index (χ0) is 16.4. The van der Waals surface area contributed by atoms with Crippen LogP contribution < -0.4 is 0 Å². The number of benzene rings is 1. The van der Waals surface area contributed by atoms with E-state index in [1.54, 1.807) is 11.6 Å². The lowest BCUT2D eigenvalue weighted by molar-refractivity contribution is 0.0687. The summed E-state index contributed by atoms with van der Waals surface area (Å²) in [5.41, 5.74) is 3.88. The molecule has 0 unspecified atom stereocenters. The van der Waals surface area contributed by atoms with Crippen LogP contribution in [-0.2, 0) is 13.5 Å². The van der Waals surface area contributed by atoms with Crippen LogP contribution in [0.15, 0.2) is 24.3 Å². The maximum absolute atomic E-state index is 11.7. The van der Waals surface area contributed by atoms with Gasteiger partial charge < -0.3 is 9.67 Å². The summed E-state index contributed by atoms with van der Waals surface area (Å²) >= 11 is 0. The highest BCUT2D eigenvalue weighted by Crippen LogP contribution is 2.39. The minimum Gasteiger partial charge on any atom is -0.477 e. The average Bonchev–Trinajstić information content (AvgIpc) is 2.79. The van der Waals surface area contributed by atoms with E-state index < -0.39 is 5.97 Å². The van der Waals surface area contributed by atoms with E-state index in [1.165, 1.54) is 5.56 Å². The van der Waals surface area contributed by atoms with Gasteiger partial charge in [0.25, 0.3) is 0 Å². The van der Waals surface area contributed by atoms with Gasteiger partial charge in [-0.05, 0) is 23.5 Å². The topological polar surface area (TPSA) is 46.6 Å². The van der Waals surface area contributed by atoms with Gasteiger partial charge in [0.05, 0.1) is 6.57 Å². The largest absolute Gasteiger partial charge is 0.477 e. The molecule has 0 spiro atoms. The number of nitrogens with zero attached hydrogens (tertiary/aromatic N) is 2. The van der Waals surface area contributed by atoms with Crippen LogP contribution in [0.5, 0.6) is 0 Å². The molecule has 0 saturated heterocycles. The van der Waals surface area contributed by atoms with Gasteiger partial charge in [-0.3, -0.25) is 0 Å². The van der Waals surface area contributed by atoms with E-state index >= 15 is 0 Å². The summed E-state index contributed by atoms with van der Waals surface area (Å²) in [6.45, 7) is 13.6. The van der Waals surface area contributed by atoms with E-state index in [0.717, 1.165) is 11.3 Å². The van der Waals surface area contributed by atoms with Crippen LogP contribution in [0.2, 0.25) is 0 Å². The number of aromatic nitrogens is 1. The van der Waals surface area contributed by atoms with Crippen molar-refractivity contribution in [2.75, 3.05) is 0 Å². The zero-order valence-electron chi connectivity index (χ0n) is 13.3. The minimum absolute atomic E-state index is 0.181. The molecule has 2 aromatic rings. The molecule has 4 nitrogen and oxygen atoms in total. The van der Waals surface area contributed by atoms with E-state index in [0.29, 0.717) is 23.6 Å². The molecule has 0 atom stereocenters. The first-order valence-electron chi connectivity index (χ1n) is 7.34. The summed E-state index contributed by atoms with van der Waals surface area (Å²) in [6, 6.07) is 7.81. The van der Waals surface area contributed by atoms with E-state index in [9.17, 15) is 9.90 Å². The highest BCUT2D eigenvalue weighted by Gasteiger charge is 2.25. The molecule has 0 fully saturated rings. The molecule has 0 amide bonds. The standard InChI is InChI=1S/C18H20N2O2/c1-6-14-16(19-4)15(17(18(21)22)20(14)5)13-9-7-12(8-10-13)11(2)3/h7-11H,6H2,1-3,5H3,(H,21,22). The Labute approximate surface area is 130 Å². The van der Waals surface area contributed by atoms with Gasteiger partial charge in [-0.15, -0.1) is 0 Å². The minimum atomic E-state index is -1.00. The molecule has 1 aromatic heterocycles. The third-order valence-corrected chi connectivity index (χ3v) is 4.00. The second-order valence-corrected chi connectivity index (χ2v) is 5.63. The Bertz CT molecular complexity index is 747. The van der Waals surface area contributed by atoms with Crippen molar-refractivity contribution in [1.82, 2.24) is 4.57 Å². The number of carbonyl (C=O) groups is 1. The number of hydrogen-bond donors (Lipinski definition) is 1. The first-order valence-corrected chi connectivity index (χ1v) is 7.34. The van der Waals surface area contributed by atoms with Gasteiger partial charge in [0.2, 0.25) is 5.69 Å². The van der Waals surface area contributed by atoms with Crippen molar-refractivity contribution in [3.05, 3.63) is 52.6 Å². The molecule has 22 heavy (non-hydrogen) atoms. The number of rotatable bonds is 4. The molecule has 0 aliphatic carbocycles. The summed E-state index contributed by atoms with van der Waals surface area (Å²) in [5, 5.41) is 9.56. The SMILES string of the molecule is [C-]#[N+]c1c(-c2ccc(C(C)C)cc2)c(C(=O)O)n(C)c1CC. The normalized spacial score (nSPS) is 10.7. The van der Waals surface area contributed by atoms with Crippen LogP contribution >= 0.6 is 0 Å². The molecule has 2 rings (SSSR count).